The fraction of sp³-hybridized carbons (Fsp3) is 0.462. The second-order valence-corrected chi connectivity index (χ2v) is 7.62. The van der Waals surface area contributed by atoms with E-state index in [0.29, 0.717) is 6.42 Å². The van der Waals surface area contributed by atoms with E-state index in [2.05, 4.69) is 4.72 Å². The zero-order chi connectivity index (χ0) is 15.1. The van der Waals surface area contributed by atoms with Crippen LogP contribution >= 0.6 is 11.6 Å². The van der Waals surface area contributed by atoms with Crippen LogP contribution < -0.4 is 4.72 Å². The highest BCUT2D eigenvalue weighted by Crippen LogP contribution is 2.41. The minimum absolute atomic E-state index is 0.0413. The van der Waals surface area contributed by atoms with Crippen molar-refractivity contribution < 1.29 is 13.5 Å². The van der Waals surface area contributed by atoms with Crippen LogP contribution in [0, 0.1) is 16.7 Å². The van der Waals surface area contributed by atoms with Crippen LogP contribution in [0.1, 0.15) is 25.8 Å². The molecule has 2 rings (SSSR count). The maximum Gasteiger partial charge on any atom is 0.242 e. The monoisotopic (exact) mass is 314 g/mol. The van der Waals surface area contributed by atoms with E-state index in [1.807, 2.05) is 6.07 Å². The number of nitrogens with zero attached hydrogens (tertiary/aromatic N) is 1. The average molecular weight is 315 g/mol. The molecular formula is C13H15ClN2O3S. The minimum Gasteiger partial charge on any atom is -0.392 e. The van der Waals surface area contributed by atoms with Gasteiger partial charge in [0.1, 0.15) is 11.0 Å². The van der Waals surface area contributed by atoms with E-state index in [9.17, 15) is 13.5 Å². The minimum atomic E-state index is -3.85. The molecule has 0 amide bonds. The van der Waals surface area contributed by atoms with Gasteiger partial charge in [0.25, 0.3) is 0 Å². The van der Waals surface area contributed by atoms with Gasteiger partial charge in [-0.2, -0.15) is 5.26 Å². The van der Waals surface area contributed by atoms with Gasteiger partial charge >= 0.3 is 0 Å². The highest BCUT2D eigenvalue weighted by Gasteiger charge is 2.49. The standard InChI is InChI=1S/C13H15ClN2O3S/c1-13(2)11(6-12(13)17)16-20(18,19)10-5-9(14)4-3-8(10)7-15/h3-5,11-12,16-17H,6H2,1-2H3. The molecule has 1 saturated carbocycles. The van der Waals surface area contributed by atoms with E-state index >= 15 is 0 Å². The second-order valence-electron chi connectivity index (χ2n) is 5.50. The predicted octanol–water partition coefficient (Wildman–Crippen LogP) is 1.65. The largest absolute Gasteiger partial charge is 0.392 e. The van der Waals surface area contributed by atoms with Gasteiger partial charge in [0, 0.05) is 16.5 Å². The van der Waals surface area contributed by atoms with Gasteiger partial charge in [-0.15, -0.1) is 0 Å². The number of benzene rings is 1. The molecule has 2 unspecified atom stereocenters. The summed E-state index contributed by atoms with van der Waals surface area (Å²) in [6.45, 7) is 3.58. The Hall–Kier alpha value is -1.13. The molecule has 1 aromatic carbocycles. The number of halogens is 1. The molecule has 0 heterocycles. The van der Waals surface area contributed by atoms with Crippen LogP contribution in [0.15, 0.2) is 23.1 Å². The second kappa shape index (κ2) is 5.01. The summed E-state index contributed by atoms with van der Waals surface area (Å²) in [5.41, 5.74) is -0.488. The van der Waals surface area contributed by atoms with E-state index in [1.54, 1.807) is 13.8 Å². The molecule has 1 aliphatic rings. The highest BCUT2D eigenvalue weighted by atomic mass is 35.5. The summed E-state index contributed by atoms with van der Waals surface area (Å²) in [4.78, 5) is -0.135. The first-order chi connectivity index (χ1) is 9.18. The van der Waals surface area contributed by atoms with Crippen LogP contribution in [-0.2, 0) is 10.0 Å². The van der Waals surface area contributed by atoms with Crippen LogP contribution in [0.25, 0.3) is 0 Å². The van der Waals surface area contributed by atoms with E-state index in [4.69, 9.17) is 16.9 Å². The molecule has 0 aromatic heterocycles. The summed E-state index contributed by atoms with van der Waals surface area (Å²) in [5.74, 6) is 0. The predicted molar refractivity (Wildman–Crippen MR) is 74.7 cm³/mol. The third-order valence-electron chi connectivity index (χ3n) is 3.87. The first-order valence-electron chi connectivity index (χ1n) is 6.08. The van der Waals surface area contributed by atoms with Gasteiger partial charge in [0.15, 0.2) is 0 Å². The first kappa shape index (κ1) is 15.3. The summed E-state index contributed by atoms with van der Waals surface area (Å²) >= 11 is 5.80. The van der Waals surface area contributed by atoms with Crippen molar-refractivity contribution in [2.75, 3.05) is 0 Å². The number of aliphatic hydroxyl groups excluding tert-OH is 1. The molecule has 1 aliphatic carbocycles. The Morgan fingerprint density at radius 2 is 2.15 bits per heavy atom. The summed E-state index contributed by atoms with van der Waals surface area (Å²) in [5, 5.41) is 18.9. The number of aliphatic hydroxyl groups is 1. The van der Waals surface area contributed by atoms with Crippen molar-refractivity contribution >= 4 is 21.6 Å². The SMILES string of the molecule is CC1(C)C(O)CC1NS(=O)(=O)c1cc(Cl)ccc1C#N. The fourth-order valence-corrected chi connectivity index (χ4v) is 3.99. The van der Waals surface area contributed by atoms with Gasteiger partial charge in [-0.25, -0.2) is 13.1 Å². The molecule has 2 atom stereocenters. The molecule has 1 aromatic rings. The number of hydrogen-bond donors (Lipinski definition) is 2. The first-order valence-corrected chi connectivity index (χ1v) is 7.94. The van der Waals surface area contributed by atoms with Gasteiger partial charge in [-0.3, -0.25) is 0 Å². The van der Waals surface area contributed by atoms with Crippen molar-refractivity contribution in [2.45, 2.75) is 37.3 Å². The van der Waals surface area contributed by atoms with Crippen molar-refractivity contribution in [3.8, 4) is 6.07 Å². The van der Waals surface area contributed by atoms with E-state index in [0.717, 1.165) is 0 Å². The number of nitrogens with one attached hydrogen (secondary N) is 1. The Labute approximate surface area is 123 Å². The fourth-order valence-electron chi connectivity index (χ4n) is 2.16. The van der Waals surface area contributed by atoms with Crippen molar-refractivity contribution in [2.24, 2.45) is 5.41 Å². The van der Waals surface area contributed by atoms with Crippen LogP contribution in [0.2, 0.25) is 5.02 Å². The molecule has 1 fully saturated rings. The van der Waals surface area contributed by atoms with Crippen LogP contribution in [0.5, 0.6) is 0 Å². The number of nitriles is 1. The van der Waals surface area contributed by atoms with Gasteiger partial charge in [-0.1, -0.05) is 25.4 Å². The molecule has 0 saturated heterocycles. The lowest BCUT2D eigenvalue weighted by Gasteiger charge is -2.49. The van der Waals surface area contributed by atoms with Gasteiger partial charge in [0.05, 0.1) is 11.7 Å². The Morgan fingerprint density at radius 3 is 2.65 bits per heavy atom. The molecule has 7 heteroatoms. The summed E-state index contributed by atoms with van der Waals surface area (Å²) in [7, 11) is -3.85. The quantitative estimate of drug-likeness (QED) is 0.887. The Kier molecular flexibility index (Phi) is 3.82. The van der Waals surface area contributed by atoms with Gasteiger partial charge < -0.3 is 5.11 Å². The topological polar surface area (TPSA) is 90.2 Å². The summed E-state index contributed by atoms with van der Waals surface area (Å²) in [6, 6.07) is 5.57. The highest BCUT2D eigenvalue weighted by molar-refractivity contribution is 7.89. The molecule has 5 nitrogen and oxygen atoms in total. The number of hydrogen-bond acceptors (Lipinski definition) is 4. The summed E-state index contributed by atoms with van der Waals surface area (Å²) in [6.07, 6.45) is -0.181. The lowest BCUT2D eigenvalue weighted by molar-refractivity contribution is -0.0645. The molecule has 0 spiro atoms. The lowest BCUT2D eigenvalue weighted by Crippen LogP contribution is -2.61. The molecule has 108 valence electrons. The van der Waals surface area contributed by atoms with Gasteiger partial charge in [0.2, 0.25) is 10.0 Å². The average Bonchev–Trinajstić information content (AvgIpc) is 2.38. The van der Waals surface area contributed by atoms with Crippen LogP contribution in [-0.4, -0.2) is 25.7 Å². The van der Waals surface area contributed by atoms with Gasteiger partial charge in [-0.05, 0) is 24.6 Å². The van der Waals surface area contributed by atoms with E-state index < -0.39 is 21.5 Å². The molecule has 0 bridgehead atoms. The maximum atomic E-state index is 12.4. The molecule has 20 heavy (non-hydrogen) atoms. The zero-order valence-electron chi connectivity index (χ0n) is 11.1. The number of sulfonamides is 1. The molecule has 0 aliphatic heterocycles. The molecule has 0 radical (unpaired) electrons. The Bertz CT molecular complexity index is 679. The van der Waals surface area contributed by atoms with Crippen molar-refractivity contribution in [3.05, 3.63) is 28.8 Å². The third kappa shape index (κ3) is 2.54. The van der Waals surface area contributed by atoms with Crippen LogP contribution in [0.3, 0.4) is 0 Å². The Balaban J connectivity index is 2.33. The maximum absolute atomic E-state index is 12.4. The Morgan fingerprint density at radius 1 is 1.50 bits per heavy atom. The summed E-state index contributed by atoms with van der Waals surface area (Å²) < 4.78 is 27.3. The van der Waals surface area contributed by atoms with Crippen molar-refractivity contribution in [3.63, 3.8) is 0 Å². The van der Waals surface area contributed by atoms with E-state index in [1.165, 1.54) is 18.2 Å². The number of rotatable bonds is 3. The van der Waals surface area contributed by atoms with E-state index in [-0.39, 0.29) is 21.5 Å². The third-order valence-corrected chi connectivity index (χ3v) is 5.61. The van der Waals surface area contributed by atoms with Crippen molar-refractivity contribution in [1.29, 1.82) is 5.26 Å². The molecule has 2 N–H and O–H groups in total. The smallest absolute Gasteiger partial charge is 0.242 e. The normalized spacial score (nSPS) is 24.8. The molecular weight excluding hydrogens is 300 g/mol. The lowest BCUT2D eigenvalue weighted by atomic mass is 9.65. The van der Waals surface area contributed by atoms with Crippen LogP contribution in [0.4, 0.5) is 0 Å². The van der Waals surface area contributed by atoms with Crippen molar-refractivity contribution in [1.82, 2.24) is 4.72 Å². The zero-order valence-corrected chi connectivity index (χ0v) is 12.7.